The van der Waals surface area contributed by atoms with Crippen LogP contribution in [-0.4, -0.2) is 19.2 Å². The highest BCUT2D eigenvalue weighted by Crippen LogP contribution is 2.33. The summed E-state index contributed by atoms with van der Waals surface area (Å²) in [5, 5.41) is 10.0. The van der Waals surface area contributed by atoms with Gasteiger partial charge in [-0.25, -0.2) is 8.42 Å². The van der Waals surface area contributed by atoms with Gasteiger partial charge in [-0.15, -0.1) is 0 Å². The highest BCUT2D eigenvalue weighted by atomic mass is 32.2. The Balaban J connectivity index is 2.14. The highest BCUT2D eigenvalue weighted by Gasteiger charge is 2.12. The molecule has 6 heteroatoms. The molecule has 0 amide bonds. The normalized spacial score (nSPS) is 11.4. The van der Waals surface area contributed by atoms with E-state index in [1.807, 2.05) is 24.3 Å². The van der Waals surface area contributed by atoms with E-state index in [0.29, 0.717) is 11.3 Å². The SMILES string of the molecule is CCCn1cc(-c2ccc(C#N)cc2)c2ccc(NS(C)(=O)=O)cc21. The van der Waals surface area contributed by atoms with Crippen molar-refractivity contribution in [3.63, 3.8) is 0 Å². The second kappa shape index (κ2) is 6.61. The summed E-state index contributed by atoms with van der Waals surface area (Å²) in [6, 6.07) is 15.2. The van der Waals surface area contributed by atoms with Crippen molar-refractivity contribution in [1.82, 2.24) is 4.57 Å². The van der Waals surface area contributed by atoms with Crippen molar-refractivity contribution < 1.29 is 8.42 Å². The molecular formula is C19H19N3O2S. The molecule has 0 atom stereocenters. The molecule has 1 N–H and O–H groups in total. The Morgan fingerprint density at radius 1 is 1.16 bits per heavy atom. The maximum Gasteiger partial charge on any atom is 0.229 e. The lowest BCUT2D eigenvalue weighted by atomic mass is 10.0. The van der Waals surface area contributed by atoms with Crippen molar-refractivity contribution in [2.24, 2.45) is 0 Å². The third-order valence-electron chi connectivity index (χ3n) is 3.98. The van der Waals surface area contributed by atoms with Crippen LogP contribution in [0.2, 0.25) is 0 Å². The van der Waals surface area contributed by atoms with Gasteiger partial charge in [0.25, 0.3) is 0 Å². The Labute approximate surface area is 147 Å². The van der Waals surface area contributed by atoms with Gasteiger partial charge in [-0.2, -0.15) is 5.26 Å². The Morgan fingerprint density at radius 3 is 2.48 bits per heavy atom. The van der Waals surface area contributed by atoms with Gasteiger partial charge in [-0.3, -0.25) is 4.72 Å². The number of fused-ring (bicyclic) bond motifs is 1. The molecule has 3 aromatic rings. The molecule has 0 aliphatic carbocycles. The number of hydrogen-bond donors (Lipinski definition) is 1. The van der Waals surface area contributed by atoms with Crippen molar-refractivity contribution >= 4 is 26.6 Å². The van der Waals surface area contributed by atoms with Crippen molar-refractivity contribution in [1.29, 1.82) is 5.26 Å². The lowest BCUT2D eigenvalue weighted by Gasteiger charge is -2.07. The summed E-state index contributed by atoms with van der Waals surface area (Å²) in [7, 11) is -3.31. The molecule has 0 fully saturated rings. The van der Waals surface area contributed by atoms with E-state index in [2.05, 4.69) is 28.5 Å². The van der Waals surface area contributed by atoms with Crippen LogP contribution in [0.1, 0.15) is 18.9 Å². The van der Waals surface area contributed by atoms with Crippen LogP contribution in [0.3, 0.4) is 0 Å². The van der Waals surface area contributed by atoms with Crippen LogP contribution in [-0.2, 0) is 16.6 Å². The fourth-order valence-corrected chi connectivity index (χ4v) is 3.50. The van der Waals surface area contributed by atoms with Crippen LogP contribution < -0.4 is 4.72 Å². The number of nitrogens with zero attached hydrogens (tertiary/aromatic N) is 2. The average molecular weight is 353 g/mol. The molecule has 1 heterocycles. The van der Waals surface area contributed by atoms with Crippen LogP contribution in [0.25, 0.3) is 22.0 Å². The molecule has 0 unspecified atom stereocenters. The van der Waals surface area contributed by atoms with Crippen LogP contribution in [0.15, 0.2) is 48.7 Å². The van der Waals surface area contributed by atoms with Crippen LogP contribution in [0, 0.1) is 11.3 Å². The Hall–Kier alpha value is -2.78. The summed E-state index contributed by atoms with van der Waals surface area (Å²) in [5.41, 5.74) is 4.26. The molecule has 0 saturated heterocycles. The number of nitriles is 1. The number of sulfonamides is 1. The first-order valence-corrected chi connectivity index (χ1v) is 9.91. The van der Waals surface area contributed by atoms with E-state index < -0.39 is 10.0 Å². The largest absolute Gasteiger partial charge is 0.347 e. The standard InChI is InChI=1S/C19H19N3O2S/c1-3-10-22-13-18(15-6-4-14(12-20)5-7-15)17-9-8-16(11-19(17)22)21-25(2,23)24/h4-9,11,13,21H,3,10H2,1-2H3. The third-order valence-corrected chi connectivity index (χ3v) is 4.58. The fraction of sp³-hybridized carbons (Fsp3) is 0.211. The van der Waals surface area contributed by atoms with Crippen LogP contribution >= 0.6 is 0 Å². The van der Waals surface area contributed by atoms with Gasteiger partial charge in [0.1, 0.15) is 0 Å². The number of anilines is 1. The van der Waals surface area contributed by atoms with E-state index in [4.69, 9.17) is 5.26 Å². The summed E-state index contributed by atoms with van der Waals surface area (Å²) in [4.78, 5) is 0. The topological polar surface area (TPSA) is 74.9 Å². The lowest BCUT2D eigenvalue weighted by Crippen LogP contribution is -2.09. The number of hydrogen-bond acceptors (Lipinski definition) is 3. The zero-order valence-electron chi connectivity index (χ0n) is 14.2. The van der Waals surface area contributed by atoms with Crippen molar-refractivity contribution in [3.8, 4) is 17.2 Å². The second-order valence-electron chi connectivity index (χ2n) is 6.03. The number of aromatic nitrogens is 1. The van der Waals surface area contributed by atoms with Crippen molar-refractivity contribution in [2.75, 3.05) is 11.0 Å². The number of benzene rings is 2. The first-order valence-electron chi connectivity index (χ1n) is 8.02. The molecule has 3 rings (SSSR count). The number of rotatable bonds is 5. The molecule has 0 radical (unpaired) electrons. The molecule has 0 aliphatic rings. The molecule has 25 heavy (non-hydrogen) atoms. The molecule has 1 aromatic heterocycles. The van der Waals surface area contributed by atoms with E-state index >= 15 is 0 Å². The highest BCUT2D eigenvalue weighted by molar-refractivity contribution is 7.92. The summed E-state index contributed by atoms with van der Waals surface area (Å²) < 4.78 is 27.6. The lowest BCUT2D eigenvalue weighted by molar-refractivity contribution is 0.607. The maximum atomic E-state index is 11.5. The molecule has 0 bridgehead atoms. The van der Waals surface area contributed by atoms with Gasteiger partial charge in [0.05, 0.1) is 29.1 Å². The minimum Gasteiger partial charge on any atom is -0.347 e. The van der Waals surface area contributed by atoms with Crippen molar-refractivity contribution in [2.45, 2.75) is 19.9 Å². The molecular weight excluding hydrogens is 334 g/mol. The predicted molar refractivity (Wildman–Crippen MR) is 101 cm³/mol. The number of aryl methyl sites for hydroxylation is 1. The molecule has 5 nitrogen and oxygen atoms in total. The van der Waals surface area contributed by atoms with Gasteiger partial charge in [-0.05, 0) is 36.2 Å². The summed E-state index contributed by atoms with van der Waals surface area (Å²) in [6.07, 6.45) is 4.20. The first-order chi connectivity index (χ1) is 11.9. The molecule has 2 aromatic carbocycles. The van der Waals surface area contributed by atoms with E-state index in [9.17, 15) is 8.42 Å². The monoisotopic (exact) mass is 353 g/mol. The zero-order valence-corrected chi connectivity index (χ0v) is 15.0. The fourth-order valence-electron chi connectivity index (χ4n) is 2.95. The number of nitrogens with one attached hydrogen (secondary N) is 1. The summed E-state index contributed by atoms with van der Waals surface area (Å²) in [6.45, 7) is 2.95. The summed E-state index contributed by atoms with van der Waals surface area (Å²) in [5.74, 6) is 0. The second-order valence-corrected chi connectivity index (χ2v) is 7.78. The minimum atomic E-state index is -3.31. The quantitative estimate of drug-likeness (QED) is 0.754. The Kier molecular flexibility index (Phi) is 4.51. The van der Waals surface area contributed by atoms with Gasteiger partial charge in [0, 0.05) is 23.7 Å². The zero-order chi connectivity index (χ0) is 18.0. The third kappa shape index (κ3) is 3.67. The van der Waals surface area contributed by atoms with E-state index in [-0.39, 0.29) is 0 Å². The van der Waals surface area contributed by atoms with Gasteiger partial charge in [0.2, 0.25) is 10.0 Å². The Morgan fingerprint density at radius 2 is 1.88 bits per heavy atom. The smallest absolute Gasteiger partial charge is 0.229 e. The molecule has 0 aliphatic heterocycles. The van der Waals surface area contributed by atoms with E-state index in [1.165, 1.54) is 0 Å². The maximum absolute atomic E-state index is 11.5. The van der Waals surface area contributed by atoms with E-state index in [0.717, 1.165) is 41.3 Å². The van der Waals surface area contributed by atoms with E-state index in [1.54, 1.807) is 18.2 Å². The van der Waals surface area contributed by atoms with Gasteiger partial charge in [0.15, 0.2) is 0 Å². The predicted octanol–water partition coefficient (Wildman–Crippen LogP) is 3.96. The van der Waals surface area contributed by atoms with Crippen LogP contribution in [0.5, 0.6) is 0 Å². The Bertz CT molecular complexity index is 1060. The van der Waals surface area contributed by atoms with Gasteiger partial charge < -0.3 is 4.57 Å². The first kappa shape index (κ1) is 17.1. The summed E-state index contributed by atoms with van der Waals surface area (Å²) >= 11 is 0. The molecule has 0 spiro atoms. The van der Waals surface area contributed by atoms with Gasteiger partial charge in [-0.1, -0.05) is 25.1 Å². The molecule has 0 saturated carbocycles. The van der Waals surface area contributed by atoms with Crippen molar-refractivity contribution in [3.05, 3.63) is 54.2 Å². The minimum absolute atomic E-state index is 0.553. The van der Waals surface area contributed by atoms with Crippen LogP contribution in [0.4, 0.5) is 5.69 Å². The van der Waals surface area contributed by atoms with Gasteiger partial charge >= 0.3 is 0 Å². The molecule has 128 valence electrons. The average Bonchev–Trinajstić information content (AvgIpc) is 2.92.